The summed E-state index contributed by atoms with van der Waals surface area (Å²) in [5, 5.41) is 8.25. The molecule has 4 nitrogen and oxygen atoms in total. The minimum absolute atomic E-state index is 0.117. The Bertz CT molecular complexity index is 1250. The van der Waals surface area contributed by atoms with E-state index in [1.54, 1.807) is 6.07 Å². The number of nitrogens with zero attached hydrogens (tertiary/aromatic N) is 1. The van der Waals surface area contributed by atoms with Gasteiger partial charge in [0, 0.05) is 47.5 Å². The van der Waals surface area contributed by atoms with Gasteiger partial charge in [0.25, 0.3) is 0 Å². The van der Waals surface area contributed by atoms with Crippen LogP contribution in [0.25, 0.3) is 0 Å². The molecule has 0 spiro atoms. The summed E-state index contributed by atoms with van der Waals surface area (Å²) in [6, 6.07) is 21.6. The number of nitrogens with one attached hydrogen (secondary N) is 2. The molecule has 1 heterocycles. The molecular formula is C27H25Cl2N3O. The zero-order valence-electron chi connectivity index (χ0n) is 18.5. The largest absolute Gasteiger partial charge is 0.378 e. The van der Waals surface area contributed by atoms with Gasteiger partial charge in [-0.2, -0.15) is 0 Å². The molecule has 6 heteroatoms. The van der Waals surface area contributed by atoms with Crippen LogP contribution >= 0.6 is 23.2 Å². The molecule has 2 N–H and O–H groups in total. The van der Waals surface area contributed by atoms with E-state index in [1.807, 2.05) is 50.5 Å². The number of allylic oxidation sites excluding steroid dienone is 1. The van der Waals surface area contributed by atoms with E-state index >= 15 is 0 Å². The Hall–Kier alpha value is -2.95. The Kier molecular flexibility index (Phi) is 5.81. The number of carbonyl (C=O) groups is 1. The number of halogens is 2. The number of anilines is 3. The molecule has 0 fully saturated rings. The van der Waals surface area contributed by atoms with Crippen molar-refractivity contribution >= 4 is 46.0 Å². The van der Waals surface area contributed by atoms with Crippen LogP contribution in [0.1, 0.15) is 35.9 Å². The van der Waals surface area contributed by atoms with Crippen LogP contribution in [0.15, 0.2) is 78.0 Å². The molecule has 5 rings (SSSR count). The lowest BCUT2D eigenvalue weighted by atomic mass is 9.78. The SMILES string of the molecule is CN(C)c1ccc(C2CC(=O)C3=C(C2)Nc2ccccc2NC3c2ccc(Cl)cc2Cl)cc1. The second-order valence-corrected chi connectivity index (χ2v) is 9.66. The molecule has 0 saturated heterocycles. The first-order valence-corrected chi connectivity index (χ1v) is 11.8. The number of hydrogen-bond acceptors (Lipinski definition) is 4. The number of hydrogen-bond donors (Lipinski definition) is 2. The van der Waals surface area contributed by atoms with Crippen molar-refractivity contribution in [2.45, 2.75) is 24.8 Å². The number of carbonyl (C=O) groups excluding carboxylic acids is 1. The third-order valence-corrected chi connectivity index (χ3v) is 7.03. The standard InChI is InChI=1S/C27H25Cl2N3O/c1-32(2)19-10-7-16(8-11-19)17-13-24-26(25(33)14-17)27(20-12-9-18(28)15-21(20)29)31-23-6-4-3-5-22(23)30-24/h3-12,15,17,27,30-31H,13-14H2,1-2H3. The van der Waals surface area contributed by atoms with Gasteiger partial charge in [-0.1, -0.05) is 53.5 Å². The Balaban J connectivity index is 1.58. The quantitative estimate of drug-likeness (QED) is 0.424. The molecule has 0 radical (unpaired) electrons. The second kappa shape index (κ2) is 8.77. The molecule has 2 aliphatic rings. The van der Waals surface area contributed by atoms with E-state index < -0.39 is 0 Å². The highest BCUT2D eigenvalue weighted by molar-refractivity contribution is 6.35. The van der Waals surface area contributed by atoms with Gasteiger partial charge < -0.3 is 15.5 Å². The Morgan fingerprint density at radius 3 is 2.33 bits per heavy atom. The fraction of sp³-hybridized carbons (Fsp3) is 0.222. The van der Waals surface area contributed by atoms with Crippen LogP contribution in [-0.4, -0.2) is 19.9 Å². The van der Waals surface area contributed by atoms with Gasteiger partial charge in [-0.25, -0.2) is 0 Å². The van der Waals surface area contributed by atoms with Gasteiger partial charge in [0.1, 0.15) is 0 Å². The predicted molar refractivity (Wildman–Crippen MR) is 138 cm³/mol. The molecule has 0 amide bonds. The Labute approximate surface area is 204 Å². The molecule has 1 aliphatic carbocycles. The van der Waals surface area contributed by atoms with Gasteiger partial charge in [-0.05, 0) is 59.9 Å². The van der Waals surface area contributed by atoms with Crippen molar-refractivity contribution in [3.05, 3.63) is 99.2 Å². The summed E-state index contributed by atoms with van der Waals surface area (Å²) in [6.45, 7) is 0. The van der Waals surface area contributed by atoms with E-state index in [2.05, 4.69) is 39.8 Å². The van der Waals surface area contributed by atoms with E-state index in [4.69, 9.17) is 23.2 Å². The van der Waals surface area contributed by atoms with Crippen LogP contribution in [-0.2, 0) is 4.79 Å². The van der Waals surface area contributed by atoms with Crippen LogP contribution in [0.4, 0.5) is 17.1 Å². The van der Waals surface area contributed by atoms with Crippen molar-refractivity contribution in [1.29, 1.82) is 0 Å². The van der Waals surface area contributed by atoms with Gasteiger partial charge in [0.15, 0.2) is 5.78 Å². The molecule has 2 atom stereocenters. The number of benzene rings is 3. The summed E-state index contributed by atoms with van der Waals surface area (Å²) >= 11 is 12.8. The van der Waals surface area contributed by atoms with Crippen molar-refractivity contribution in [3.8, 4) is 0 Å². The van der Waals surface area contributed by atoms with Crippen molar-refractivity contribution in [3.63, 3.8) is 0 Å². The molecular weight excluding hydrogens is 453 g/mol. The number of Topliss-reactive ketones (excluding diaryl/α,β-unsaturated/α-hetero) is 1. The fourth-order valence-electron chi connectivity index (χ4n) is 4.74. The van der Waals surface area contributed by atoms with Gasteiger partial charge in [-0.3, -0.25) is 4.79 Å². The first kappa shape index (κ1) is 21.9. The Morgan fingerprint density at radius 2 is 1.64 bits per heavy atom. The highest BCUT2D eigenvalue weighted by Gasteiger charge is 2.36. The molecule has 0 aromatic heterocycles. The van der Waals surface area contributed by atoms with Crippen molar-refractivity contribution in [2.75, 3.05) is 29.6 Å². The first-order valence-electron chi connectivity index (χ1n) is 11.0. The highest BCUT2D eigenvalue weighted by atomic mass is 35.5. The summed E-state index contributed by atoms with van der Waals surface area (Å²) in [5.74, 6) is 0.244. The summed E-state index contributed by atoms with van der Waals surface area (Å²) in [5.41, 5.74) is 6.74. The van der Waals surface area contributed by atoms with Gasteiger partial charge in [-0.15, -0.1) is 0 Å². The van der Waals surface area contributed by atoms with E-state index in [-0.39, 0.29) is 17.7 Å². The minimum Gasteiger partial charge on any atom is -0.378 e. The summed E-state index contributed by atoms with van der Waals surface area (Å²) in [7, 11) is 4.05. The van der Waals surface area contributed by atoms with Crippen molar-refractivity contribution in [2.24, 2.45) is 0 Å². The van der Waals surface area contributed by atoms with E-state index in [9.17, 15) is 4.79 Å². The monoisotopic (exact) mass is 477 g/mol. The van der Waals surface area contributed by atoms with E-state index in [0.29, 0.717) is 16.5 Å². The van der Waals surface area contributed by atoms with Crippen molar-refractivity contribution in [1.82, 2.24) is 0 Å². The average Bonchev–Trinajstić information content (AvgIpc) is 2.96. The summed E-state index contributed by atoms with van der Waals surface area (Å²) < 4.78 is 0. The molecule has 0 saturated carbocycles. The number of rotatable bonds is 3. The fourth-order valence-corrected chi connectivity index (χ4v) is 5.26. The molecule has 1 aliphatic heterocycles. The second-order valence-electron chi connectivity index (χ2n) is 8.82. The lowest BCUT2D eigenvalue weighted by Gasteiger charge is -2.30. The lowest BCUT2D eigenvalue weighted by molar-refractivity contribution is -0.116. The van der Waals surface area contributed by atoms with Crippen molar-refractivity contribution < 1.29 is 4.79 Å². The summed E-state index contributed by atoms with van der Waals surface area (Å²) in [6.07, 6.45) is 1.21. The third-order valence-electron chi connectivity index (χ3n) is 6.46. The predicted octanol–water partition coefficient (Wildman–Crippen LogP) is 7.04. The maximum atomic E-state index is 13.6. The topological polar surface area (TPSA) is 44.4 Å². The van der Waals surface area contributed by atoms with E-state index in [1.165, 1.54) is 5.56 Å². The molecule has 2 unspecified atom stereocenters. The zero-order chi connectivity index (χ0) is 23.1. The molecule has 0 bridgehead atoms. The Morgan fingerprint density at radius 1 is 0.909 bits per heavy atom. The van der Waals surface area contributed by atoms with E-state index in [0.717, 1.165) is 40.3 Å². The van der Waals surface area contributed by atoms with Crippen LogP contribution in [0.2, 0.25) is 10.0 Å². The number of para-hydroxylation sites is 2. The number of ketones is 1. The molecule has 33 heavy (non-hydrogen) atoms. The highest BCUT2D eigenvalue weighted by Crippen LogP contribution is 2.45. The molecule has 168 valence electrons. The number of fused-ring (bicyclic) bond motifs is 1. The lowest BCUT2D eigenvalue weighted by Crippen LogP contribution is -2.27. The molecule has 3 aromatic rings. The average molecular weight is 478 g/mol. The maximum Gasteiger partial charge on any atom is 0.163 e. The zero-order valence-corrected chi connectivity index (χ0v) is 20.0. The van der Waals surface area contributed by atoms with Crippen LogP contribution < -0.4 is 15.5 Å². The van der Waals surface area contributed by atoms with Crippen LogP contribution in [0.3, 0.4) is 0 Å². The smallest absolute Gasteiger partial charge is 0.163 e. The first-order chi connectivity index (χ1) is 15.9. The normalized spacial score (nSPS) is 19.7. The third kappa shape index (κ3) is 4.21. The van der Waals surface area contributed by atoms with Gasteiger partial charge in [0.05, 0.1) is 17.4 Å². The van der Waals surface area contributed by atoms with Gasteiger partial charge in [0.2, 0.25) is 0 Å². The molecule has 3 aromatic carbocycles. The maximum absolute atomic E-state index is 13.6. The van der Waals surface area contributed by atoms with Gasteiger partial charge >= 0.3 is 0 Å². The van der Waals surface area contributed by atoms with Crippen LogP contribution in [0.5, 0.6) is 0 Å². The van der Waals surface area contributed by atoms with Crippen LogP contribution in [0, 0.1) is 0 Å². The summed E-state index contributed by atoms with van der Waals surface area (Å²) in [4.78, 5) is 15.7. The minimum atomic E-state index is -0.356.